The fourth-order valence-corrected chi connectivity index (χ4v) is 15.4. The van der Waals surface area contributed by atoms with Crippen LogP contribution in [0.5, 0.6) is 0 Å². The Labute approximate surface area is 526 Å². The van der Waals surface area contributed by atoms with Crippen molar-refractivity contribution in [3.8, 4) is 55.6 Å². The van der Waals surface area contributed by atoms with Gasteiger partial charge in [-0.3, -0.25) is 21.3 Å². The lowest BCUT2D eigenvalue weighted by molar-refractivity contribution is 0.204. The molecule has 0 saturated carbocycles. The zero-order valence-electron chi connectivity index (χ0n) is 50.9. The standard InChI is InChI=1S/C84H68N6/c1-83(2)69-32-17-15-30-67(69)73-71(83)49-62-24-11-13-28-65(62)75(73)81-88-78(55-38-34-52(35-39-55)51-20-7-5-8-21-51)85-79(89-81)56-40-36-53(37-41-56)57-26-19-27-58(46-57)59-42-43-61-48-64(45-44-60(61)47-59)80-86-77(54-22-9-6-10-23-54)87-82(90-80)76-66-29-14-12-25-63(66)50-72-74(76)68-31-16-18-33-70(68)84(72,3)4/h5-50,77-79,81-82,85,87-89H,1-4H3,(H,86,90). The lowest BCUT2D eigenvalue weighted by atomic mass is 9.81. The van der Waals surface area contributed by atoms with Gasteiger partial charge < -0.3 is 5.32 Å². The van der Waals surface area contributed by atoms with Crippen molar-refractivity contribution in [3.05, 3.63) is 335 Å². The third kappa shape index (κ3) is 9.04. The Bertz CT molecular complexity index is 5010. The quantitative estimate of drug-likeness (QED) is 0.0996. The van der Waals surface area contributed by atoms with Gasteiger partial charge in [0.1, 0.15) is 18.2 Å². The molecular formula is C84H68N6. The van der Waals surface area contributed by atoms with Crippen LogP contribution in [0.3, 0.4) is 0 Å². The minimum atomic E-state index is -0.324. The van der Waals surface area contributed by atoms with Crippen LogP contribution in [0.2, 0.25) is 0 Å². The molecule has 2 aliphatic heterocycles. The number of aliphatic imine (C=N–C) groups is 1. The largest absolute Gasteiger partial charge is 0.350 e. The van der Waals surface area contributed by atoms with Crippen LogP contribution in [-0.2, 0) is 10.8 Å². The molecule has 5 unspecified atom stereocenters. The molecule has 434 valence electrons. The van der Waals surface area contributed by atoms with Gasteiger partial charge in [-0.05, 0) is 163 Å². The Kier molecular flexibility index (Phi) is 12.8. The molecule has 0 aromatic heterocycles. The highest BCUT2D eigenvalue weighted by Gasteiger charge is 2.42. The minimum Gasteiger partial charge on any atom is -0.350 e. The first kappa shape index (κ1) is 54.1. The van der Waals surface area contributed by atoms with Gasteiger partial charge in [-0.15, -0.1) is 0 Å². The summed E-state index contributed by atoms with van der Waals surface area (Å²) in [6.45, 7) is 9.48. The van der Waals surface area contributed by atoms with E-state index in [9.17, 15) is 0 Å². The van der Waals surface area contributed by atoms with Crippen LogP contribution >= 0.6 is 0 Å². The normalized spacial score (nSPS) is 19.4. The number of fused-ring (bicyclic) bond motifs is 9. The average Bonchev–Trinajstić information content (AvgIpc) is 1.55. The maximum atomic E-state index is 5.65. The Balaban J connectivity index is 0.687. The van der Waals surface area contributed by atoms with Gasteiger partial charge in [0, 0.05) is 22.0 Å². The predicted octanol–water partition coefficient (Wildman–Crippen LogP) is 19.3. The van der Waals surface area contributed by atoms with E-state index in [1.54, 1.807) is 0 Å². The van der Waals surface area contributed by atoms with E-state index in [2.05, 4.69) is 333 Å². The van der Waals surface area contributed by atoms with Crippen LogP contribution in [0.15, 0.2) is 284 Å². The van der Waals surface area contributed by atoms with Crippen molar-refractivity contribution in [1.82, 2.24) is 26.6 Å². The molecule has 1 saturated heterocycles. The zero-order chi connectivity index (χ0) is 60.2. The smallest absolute Gasteiger partial charge is 0.131 e. The Morgan fingerprint density at radius 2 is 0.711 bits per heavy atom. The molecule has 2 heterocycles. The highest BCUT2D eigenvalue weighted by Crippen LogP contribution is 2.55. The first-order valence-electron chi connectivity index (χ1n) is 31.7. The van der Waals surface area contributed by atoms with Crippen LogP contribution in [0.4, 0.5) is 0 Å². The average molecular weight is 1160 g/mol. The monoisotopic (exact) mass is 1160 g/mol. The van der Waals surface area contributed by atoms with E-state index in [-0.39, 0.29) is 41.7 Å². The Morgan fingerprint density at radius 1 is 0.289 bits per heavy atom. The van der Waals surface area contributed by atoms with Crippen molar-refractivity contribution < 1.29 is 0 Å². The summed E-state index contributed by atoms with van der Waals surface area (Å²) in [5, 5.41) is 27.4. The first-order chi connectivity index (χ1) is 44.1. The van der Waals surface area contributed by atoms with E-state index in [1.807, 2.05) is 0 Å². The number of benzene rings is 13. The molecule has 13 aromatic carbocycles. The van der Waals surface area contributed by atoms with E-state index >= 15 is 0 Å². The number of rotatable bonds is 9. The van der Waals surface area contributed by atoms with Gasteiger partial charge in [0.2, 0.25) is 0 Å². The number of hydrogen-bond donors (Lipinski definition) is 5. The second kappa shape index (κ2) is 21.3. The molecule has 5 atom stereocenters. The van der Waals surface area contributed by atoms with E-state index in [0.717, 1.165) is 22.3 Å². The van der Waals surface area contributed by atoms with E-state index < -0.39 is 0 Å². The molecule has 0 amide bonds. The van der Waals surface area contributed by atoms with Crippen molar-refractivity contribution in [2.45, 2.75) is 69.4 Å². The Hall–Kier alpha value is -10.1. The third-order valence-electron chi connectivity index (χ3n) is 20.1. The van der Waals surface area contributed by atoms with E-state index in [4.69, 9.17) is 4.99 Å². The van der Waals surface area contributed by atoms with Gasteiger partial charge in [0.25, 0.3) is 0 Å². The SMILES string of the molecule is CC1(C)c2ccccc2-c2c1cc1ccccc1c2C1N=C(c2ccc3cc(-c4cccc(-c5ccc(C6NC(c7ccc(-c8ccccc8)cc7)NC(c7c8c(cc9ccccc79)C(C)(C)c7ccccc7-8)N6)cc5)c4)ccc3c2)NC(c2ccccc2)N1. The predicted molar refractivity (Wildman–Crippen MR) is 372 cm³/mol. The summed E-state index contributed by atoms with van der Waals surface area (Å²) < 4.78 is 0. The molecular weight excluding hydrogens is 1090 g/mol. The van der Waals surface area contributed by atoms with Crippen molar-refractivity contribution in [1.29, 1.82) is 0 Å². The van der Waals surface area contributed by atoms with Gasteiger partial charge >= 0.3 is 0 Å². The van der Waals surface area contributed by atoms with Crippen molar-refractivity contribution in [2.75, 3.05) is 0 Å². The second-order valence-corrected chi connectivity index (χ2v) is 26.0. The molecule has 17 rings (SSSR count). The molecule has 90 heavy (non-hydrogen) atoms. The third-order valence-corrected chi connectivity index (χ3v) is 20.1. The summed E-state index contributed by atoms with van der Waals surface area (Å²) in [5.41, 5.74) is 24.5. The number of nitrogens with zero attached hydrogens (tertiary/aromatic N) is 1. The molecule has 0 spiro atoms. The van der Waals surface area contributed by atoms with Gasteiger partial charge in [-0.2, -0.15) is 0 Å². The van der Waals surface area contributed by atoms with Crippen LogP contribution in [0.25, 0.3) is 88.0 Å². The minimum absolute atomic E-state index is 0.150. The highest BCUT2D eigenvalue weighted by molar-refractivity contribution is 6.05. The van der Waals surface area contributed by atoms with Gasteiger partial charge in [0.05, 0.1) is 18.5 Å². The fraction of sp³-hybridized carbons (Fsp3) is 0.131. The molecule has 6 heteroatoms. The topological polar surface area (TPSA) is 72.5 Å². The number of amidine groups is 1. The molecule has 2 aliphatic carbocycles. The van der Waals surface area contributed by atoms with Gasteiger partial charge in [-0.1, -0.05) is 276 Å². The van der Waals surface area contributed by atoms with Crippen LogP contribution < -0.4 is 26.6 Å². The summed E-state index contributed by atoms with van der Waals surface area (Å²) in [6, 6.07) is 103. The number of hydrogen-bond acceptors (Lipinski definition) is 6. The molecule has 0 radical (unpaired) electrons. The maximum absolute atomic E-state index is 5.65. The summed E-state index contributed by atoms with van der Waals surface area (Å²) in [7, 11) is 0. The summed E-state index contributed by atoms with van der Waals surface area (Å²) in [5.74, 6) is 0.868. The molecule has 6 nitrogen and oxygen atoms in total. The lowest BCUT2D eigenvalue weighted by Crippen LogP contribution is -2.54. The van der Waals surface area contributed by atoms with Gasteiger partial charge in [0.15, 0.2) is 0 Å². The zero-order valence-corrected chi connectivity index (χ0v) is 50.9. The van der Waals surface area contributed by atoms with Crippen molar-refractivity contribution in [2.24, 2.45) is 4.99 Å². The highest BCUT2D eigenvalue weighted by atomic mass is 15.4. The summed E-state index contributed by atoms with van der Waals surface area (Å²) in [4.78, 5) is 5.65. The summed E-state index contributed by atoms with van der Waals surface area (Å²) in [6.07, 6.45) is -1.02. The van der Waals surface area contributed by atoms with E-state index in [1.165, 1.54) is 127 Å². The van der Waals surface area contributed by atoms with Crippen molar-refractivity contribution >= 4 is 38.2 Å². The van der Waals surface area contributed by atoms with Crippen LogP contribution in [-0.4, -0.2) is 5.84 Å². The molecule has 1 fully saturated rings. The number of nitrogens with one attached hydrogen (secondary N) is 5. The lowest BCUT2D eigenvalue weighted by Gasteiger charge is -2.41. The van der Waals surface area contributed by atoms with Crippen LogP contribution in [0, 0.1) is 0 Å². The maximum Gasteiger partial charge on any atom is 0.131 e. The Morgan fingerprint density at radius 3 is 1.32 bits per heavy atom. The van der Waals surface area contributed by atoms with E-state index in [0.29, 0.717) is 0 Å². The van der Waals surface area contributed by atoms with Gasteiger partial charge in [-0.25, -0.2) is 4.99 Å². The summed E-state index contributed by atoms with van der Waals surface area (Å²) >= 11 is 0. The van der Waals surface area contributed by atoms with Crippen LogP contribution in [0.1, 0.15) is 114 Å². The molecule has 13 aromatic rings. The fourth-order valence-electron chi connectivity index (χ4n) is 15.4. The molecule has 0 bridgehead atoms. The first-order valence-corrected chi connectivity index (χ1v) is 31.7. The molecule has 4 aliphatic rings. The second-order valence-electron chi connectivity index (χ2n) is 26.0. The molecule has 5 N–H and O–H groups in total. The van der Waals surface area contributed by atoms with Crippen molar-refractivity contribution in [3.63, 3.8) is 0 Å².